The zero-order valence-corrected chi connectivity index (χ0v) is 13.2. The number of ether oxygens (including phenoxy) is 1. The number of amides is 1. The van der Waals surface area contributed by atoms with Crippen LogP contribution < -0.4 is 15.4 Å². The third-order valence-electron chi connectivity index (χ3n) is 3.09. The second kappa shape index (κ2) is 7.26. The van der Waals surface area contributed by atoms with E-state index in [1.54, 1.807) is 11.9 Å². The Kier molecular flexibility index (Phi) is 5.38. The highest BCUT2D eigenvalue weighted by atomic mass is 32.1. The Bertz CT molecular complexity index is 500. The molecule has 0 saturated heterocycles. The fraction of sp³-hybridized carbons (Fsp3) is 0.467. The molecule has 1 aliphatic carbocycles. The minimum atomic E-state index is 0.0100. The molecule has 1 saturated carbocycles. The molecule has 0 heterocycles. The Morgan fingerprint density at radius 2 is 2.05 bits per heavy atom. The van der Waals surface area contributed by atoms with Crippen LogP contribution in [0.3, 0.4) is 0 Å². The van der Waals surface area contributed by atoms with Crippen LogP contribution >= 0.6 is 12.2 Å². The van der Waals surface area contributed by atoms with Crippen molar-refractivity contribution >= 4 is 28.9 Å². The van der Waals surface area contributed by atoms with Crippen molar-refractivity contribution in [2.75, 3.05) is 25.5 Å². The number of nitrogens with zero attached hydrogens (tertiary/aromatic N) is 1. The number of nitrogens with one attached hydrogen (secondary N) is 2. The molecule has 0 atom stereocenters. The molecule has 5 nitrogen and oxygen atoms in total. The third kappa shape index (κ3) is 5.23. The van der Waals surface area contributed by atoms with Crippen molar-refractivity contribution in [3.63, 3.8) is 0 Å². The Balaban J connectivity index is 1.80. The number of thiocarbonyl (C=S) groups is 1. The van der Waals surface area contributed by atoms with Gasteiger partial charge in [0.2, 0.25) is 5.91 Å². The predicted octanol–water partition coefficient (Wildman–Crippen LogP) is 1.99. The van der Waals surface area contributed by atoms with Crippen molar-refractivity contribution in [3.05, 3.63) is 24.3 Å². The molecular weight excluding hydrogens is 286 g/mol. The van der Waals surface area contributed by atoms with Gasteiger partial charge in [0.1, 0.15) is 5.75 Å². The Labute approximate surface area is 130 Å². The van der Waals surface area contributed by atoms with Gasteiger partial charge < -0.3 is 20.3 Å². The second-order valence-corrected chi connectivity index (χ2v) is 5.47. The highest BCUT2D eigenvalue weighted by Gasteiger charge is 2.23. The van der Waals surface area contributed by atoms with Crippen molar-refractivity contribution in [2.45, 2.75) is 25.8 Å². The second-order valence-electron chi connectivity index (χ2n) is 5.09. The van der Waals surface area contributed by atoms with Crippen LogP contribution in [0.5, 0.6) is 5.75 Å². The van der Waals surface area contributed by atoms with Gasteiger partial charge in [0.25, 0.3) is 0 Å². The quantitative estimate of drug-likeness (QED) is 0.787. The minimum Gasteiger partial charge on any atom is -0.494 e. The average molecular weight is 307 g/mol. The standard InChI is InChI=1S/C15H21N3O2S/c1-3-20-13-8-6-12(7-9-13)17-15(21)18(2)10-14(19)16-11-4-5-11/h6-9,11H,3-5,10H2,1-2H3,(H,16,19)(H,17,21). The predicted molar refractivity (Wildman–Crippen MR) is 87.6 cm³/mol. The van der Waals surface area contributed by atoms with E-state index in [2.05, 4.69) is 10.6 Å². The Morgan fingerprint density at radius 3 is 2.62 bits per heavy atom. The molecule has 114 valence electrons. The van der Waals surface area contributed by atoms with E-state index in [-0.39, 0.29) is 12.5 Å². The van der Waals surface area contributed by atoms with E-state index >= 15 is 0 Å². The van der Waals surface area contributed by atoms with Gasteiger partial charge in [-0.25, -0.2) is 0 Å². The summed E-state index contributed by atoms with van der Waals surface area (Å²) in [6.45, 7) is 2.85. The van der Waals surface area contributed by atoms with E-state index in [1.807, 2.05) is 31.2 Å². The molecular formula is C15H21N3O2S. The van der Waals surface area contributed by atoms with E-state index in [4.69, 9.17) is 17.0 Å². The van der Waals surface area contributed by atoms with Gasteiger partial charge in [-0.2, -0.15) is 0 Å². The van der Waals surface area contributed by atoms with Crippen LogP contribution in [0.2, 0.25) is 0 Å². The first-order valence-corrected chi connectivity index (χ1v) is 7.53. The normalized spacial score (nSPS) is 13.4. The summed E-state index contributed by atoms with van der Waals surface area (Å²) >= 11 is 5.29. The Morgan fingerprint density at radius 1 is 1.38 bits per heavy atom. The fourth-order valence-electron chi connectivity index (χ4n) is 1.81. The molecule has 2 rings (SSSR count). The number of benzene rings is 1. The summed E-state index contributed by atoms with van der Waals surface area (Å²) in [7, 11) is 1.80. The highest BCUT2D eigenvalue weighted by Crippen LogP contribution is 2.18. The fourth-order valence-corrected chi connectivity index (χ4v) is 1.99. The van der Waals surface area contributed by atoms with E-state index in [0.717, 1.165) is 24.3 Å². The van der Waals surface area contributed by atoms with Crippen LogP contribution in [-0.4, -0.2) is 42.2 Å². The Hall–Kier alpha value is -1.82. The van der Waals surface area contributed by atoms with Gasteiger partial charge in [0.05, 0.1) is 13.2 Å². The zero-order chi connectivity index (χ0) is 15.2. The van der Waals surface area contributed by atoms with Crippen molar-refractivity contribution in [1.82, 2.24) is 10.2 Å². The lowest BCUT2D eigenvalue weighted by atomic mass is 10.3. The number of anilines is 1. The SMILES string of the molecule is CCOc1ccc(NC(=S)N(C)CC(=O)NC2CC2)cc1. The molecule has 1 aliphatic rings. The maximum absolute atomic E-state index is 11.7. The zero-order valence-electron chi connectivity index (χ0n) is 12.4. The number of carbonyl (C=O) groups is 1. The van der Waals surface area contributed by atoms with Gasteiger partial charge in [0, 0.05) is 18.8 Å². The highest BCUT2D eigenvalue weighted by molar-refractivity contribution is 7.80. The summed E-state index contributed by atoms with van der Waals surface area (Å²) in [5, 5.41) is 6.57. The van der Waals surface area contributed by atoms with E-state index < -0.39 is 0 Å². The van der Waals surface area contributed by atoms with Gasteiger partial charge in [-0.3, -0.25) is 4.79 Å². The van der Waals surface area contributed by atoms with Crippen molar-refractivity contribution in [3.8, 4) is 5.75 Å². The summed E-state index contributed by atoms with van der Waals surface area (Å²) in [6.07, 6.45) is 2.18. The number of hydrogen-bond donors (Lipinski definition) is 2. The first-order chi connectivity index (χ1) is 10.1. The molecule has 1 aromatic carbocycles. The van der Waals surface area contributed by atoms with Gasteiger partial charge in [-0.1, -0.05) is 0 Å². The maximum atomic E-state index is 11.7. The van der Waals surface area contributed by atoms with Crippen LogP contribution in [0, 0.1) is 0 Å². The maximum Gasteiger partial charge on any atom is 0.239 e. The topological polar surface area (TPSA) is 53.6 Å². The van der Waals surface area contributed by atoms with Crippen LogP contribution in [-0.2, 0) is 4.79 Å². The lowest BCUT2D eigenvalue weighted by Gasteiger charge is -2.20. The third-order valence-corrected chi connectivity index (χ3v) is 3.50. The molecule has 0 unspecified atom stereocenters. The molecule has 1 aromatic rings. The lowest BCUT2D eigenvalue weighted by Crippen LogP contribution is -2.40. The molecule has 2 N–H and O–H groups in total. The van der Waals surface area contributed by atoms with E-state index in [1.165, 1.54) is 0 Å². The summed E-state index contributed by atoms with van der Waals surface area (Å²) in [6, 6.07) is 7.94. The first kappa shape index (κ1) is 15.6. The minimum absolute atomic E-state index is 0.0100. The van der Waals surface area contributed by atoms with Gasteiger partial charge >= 0.3 is 0 Å². The summed E-state index contributed by atoms with van der Waals surface area (Å²) in [5.41, 5.74) is 0.873. The molecule has 21 heavy (non-hydrogen) atoms. The smallest absolute Gasteiger partial charge is 0.239 e. The number of hydrogen-bond acceptors (Lipinski definition) is 3. The first-order valence-electron chi connectivity index (χ1n) is 7.13. The van der Waals surface area contributed by atoms with Crippen molar-refractivity contribution < 1.29 is 9.53 Å². The van der Waals surface area contributed by atoms with E-state index in [9.17, 15) is 4.79 Å². The van der Waals surface area contributed by atoms with Gasteiger partial charge in [0.15, 0.2) is 5.11 Å². The number of carbonyl (C=O) groups excluding carboxylic acids is 1. The monoisotopic (exact) mass is 307 g/mol. The molecule has 1 amide bonds. The molecule has 6 heteroatoms. The van der Waals surface area contributed by atoms with Crippen molar-refractivity contribution in [1.29, 1.82) is 0 Å². The van der Waals surface area contributed by atoms with Crippen molar-refractivity contribution in [2.24, 2.45) is 0 Å². The van der Waals surface area contributed by atoms with Crippen LogP contribution in [0.1, 0.15) is 19.8 Å². The molecule has 1 fully saturated rings. The summed E-state index contributed by atoms with van der Waals surface area (Å²) in [4.78, 5) is 13.4. The summed E-state index contributed by atoms with van der Waals surface area (Å²) < 4.78 is 5.38. The molecule has 0 radical (unpaired) electrons. The van der Waals surface area contributed by atoms with Gasteiger partial charge in [-0.05, 0) is 56.2 Å². The molecule has 0 aromatic heterocycles. The molecule has 0 aliphatic heterocycles. The largest absolute Gasteiger partial charge is 0.494 e. The number of rotatable bonds is 6. The summed E-state index contributed by atoms with van der Waals surface area (Å²) in [5.74, 6) is 0.835. The van der Waals surface area contributed by atoms with Crippen LogP contribution in [0.4, 0.5) is 5.69 Å². The average Bonchev–Trinajstić information content (AvgIpc) is 3.25. The molecule has 0 bridgehead atoms. The van der Waals surface area contributed by atoms with Crippen LogP contribution in [0.25, 0.3) is 0 Å². The lowest BCUT2D eigenvalue weighted by molar-refractivity contribution is -0.121. The number of likely N-dealkylation sites (N-methyl/N-ethyl adjacent to an activating group) is 1. The van der Waals surface area contributed by atoms with E-state index in [0.29, 0.717) is 17.8 Å². The molecule has 0 spiro atoms. The van der Waals surface area contributed by atoms with Gasteiger partial charge in [-0.15, -0.1) is 0 Å². The van der Waals surface area contributed by atoms with Crippen LogP contribution in [0.15, 0.2) is 24.3 Å².